The zero-order valence-electron chi connectivity index (χ0n) is 10.1. The number of hydrogen-bond donors (Lipinski definition) is 1. The lowest BCUT2D eigenvalue weighted by Crippen LogP contribution is -2.42. The van der Waals surface area contributed by atoms with Gasteiger partial charge in [0.25, 0.3) is 5.69 Å². The topological polar surface area (TPSA) is 64.4 Å². The van der Waals surface area contributed by atoms with E-state index in [0.29, 0.717) is 18.2 Å². The van der Waals surface area contributed by atoms with Gasteiger partial charge in [0.05, 0.1) is 16.6 Å². The second kappa shape index (κ2) is 5.22. The van der Waals surface area contributed by atoms with Crippen LogP contribution in [-0.4, -0.2) is 23.7 Å². The lowest BCUT2D eigenvalue weighted by molar-refractivity contribution is -0.384. The maximum Gasteiger partial charge on any atom is 0.270 e. The highest BCUT2D eigenvalue weighted by molar-refractivity contribution is 6.31. The molecule has 18 heavy (non-hydrogen) atoms. The Balaban J connectivity index is 2.03. The summed E-state index contributed by atoms with van der Waals surface area (Å²) in [5, 5.41) is 14.4. The van der Waals surface area contributed by atoms with E-state index < -0.39 is 4.92 Å². The van der Waals surface area contributed by atoms with Crippen molar-refractivity contribution in [1.29, 1.82) is 0 Å². The molecule has 1 atom stereocenters. The molecule has 1 aromatic carbocycles. The summed E-state index contributed by atoms with van der Waals surface area (Å²) in [6.45, 7) is 4.12. The number of non-ortho nitro benzene ring substituents is 1. The van der Waals surface area contributed by atoms with Gasteiger partial charge in [-0.15, -0.1) is 0 Å². The Labute approximate surface area is 110 Å². The standard InChI is InChI=1S/C12H15ClN2O3/c1-12(4-5-18-8-12)14-7-9-2-3-10(15(16)17)6-11(9)13/h2-3,6,14H,4-5,7-8H2,1H3. The van der Waals surface area contributed by atoms with Gasteiger partial charge in [-0.05, 0) is 25.0 Å². The first-order chi connectivity index (χ1) is 8.50. The fourth-order valence-corrected chi connectivity index (χ4v) is 2.15. The highest BCUT2D eigenvalue weighted by atomic mass is 35.5. The molecular weight excluding hydrogens is 256 g/mol. The van der Waals surface area contributed by atoms with Crippen molar-refractivity contribution in [1.82, 2.24) is 5.32 Å². The van der Waals surface area contributed by atoms with Crippen LogP contribution in [0.3, 0.4) is 0 Å². The van der Waals surface area contributed by atoms with Gasteiger partial charge in [0.1, 0.15) is 0 Å². The molecule has 1 saturated heterocycles. The number of halogens is 1. The summed E-state index contributed by atoms with van der Waals surface area (Å²) < 4.78 is 5.34. The van der Waals surface area contributed by atoms with Crippen molar-refractivity contribution in [3.63, 3.8) is 0 Å². The van der Waals surface area contributed by atoms with Crippen molar-refractivity contribution >= 4 is 17.3 Å². The maximum absolute atomic E-state index is 10.6. The molecule has 6 heteroatoms. The number of rotatable bonds is 4. The summed E-state index contributed by atoms with van der Waals surface area (Å²) in [6.07, 6.45) is 0.956. The van der Waals surface area contributed by atoms with E-state index >= 15 is 0 Å². The van der Waals surface area contributed by atoms with Crippen molar-refractivity contribution < 1.29 is 9.66 Å². The fourth-order valence-electron chi connectivity index (χ4n) is 1.91. The summed E-state index contributed by atoms with van der Waals surface area (Å²) in [5.41, 5.74) is 0.833. The minimum Gasteiger partial charge on any atom is -0.379 e. The molecule has 1 unspecified atom stereocenters. The van der Waals surface area contributed by atoms with E-state index in [9.17, 15) is 10.1 Å². The largest absolute Gasteiger partial charge is 0.379 e. The van der Waals surface area contributed by atoms with Crippen LogP contribution in [0.2, 0.25) is 5.02 Å². The van der Waals surface area contributed by atoms with E-state index in [4.69, 9.17) is 16.3 Å². The van der Waals surface area contributed by atoms with Crippen LogP contribution in [-0.2, 0) is 11.3 Å². The highest BCUT2D eigenvalue weighted by Crippen LogP contribution is 2.24. The Kier molecular flexibility index (Phi) is 3.85. The van der Waals surface area contributed by atoms with Crippen LogP contribution in [0, 0.1) is 10.1 Å². The molecule has 2 rings (SSSR count). The number of nitro benzene ring substituents is 1. The number of benzene rings is 1. The second-order valence-corrected chi connectivity index (χ2v) is 5.16. The summed E-state index contributed by atoms with van der Waals surface area (Å²) >= 11 is 6.03. The van der Waals surface area contributed by atoms with Crippen LogP contribution in [0.1, 0.15) is 18.9 Å². The van der Waals surface area contributed by atoms with Crippen LogP contribution < -0.4 is 5.32 Å². The van der Waals surface area contributed by atoms with Gasteiger partial charge in [0, 0.05) is 30.8 Å². The van der Waals surface area contributed by atoms with Gasteiger partial charge in [-0.2, -0.15) is 0 Å². The van der Waals surface area contributed by atoms with Crippen molar-refractivity contribution in [3.8, 4) is 0 Å². The van der Waals surface area contributed by atoms with E-state index in [1.54, 1.807) is 6.07 Å². The van der Waals surface area contributed by atoms with Gasteiger partial charge >= 0.3 is 0 Å². The quantitative estimate of drug-likeness (QED) is 0.674. The number of nitrogens with one attached hydrogen (secondary N) is 1. The van der Waals surface area contributed by atoms with E-state index in [1.165, 1.54) is 12.1 Å². The summed E-state index contributed by atoms with van der Waals surface area (Å²) in [6, 6.07) is 4.54. The number of nitrogens with zero attached hydrogens (tertiary/aromatic N) is 1. The van der Waals surface area contributed by atoms with E-state index in [2.05, 4.69) is 12.2 Å². The zero-order valence-corrected chi connectivity index (χ0v) is 10.9. The molecule has 0 bridgehead atoms. The third-order valence-corrected chi connectivity index (χ3v) is 3.52. The average molecular weight is 271 g/mol. The molecule has 0 aliphatic carbocycles. The molecule has 0 aromatic heterocycles. The smallest absolute Gasteiger partial charge is 0.270 e. The summed E-state index contributed by atoms with van der Waals surface area (Å²) in [7, 11) is 0. The Bertz CT molecular complexity index is 459. The highest BCUT2D eigenvalue weighted by Gasteiger charge is 2.28. The zero-order chi connectivity index (χ0) is 13.2. The van der Waals surface area contributed by atoms with Crippen LogP contribution in [0.4, 0.5) is 5.69 Å². The van der Waals surface area contributed by atoms with Gasteiger partial charge in [0.2, 0.25) is 0 Å². The lowest BCUT2D eigenvalue weighted by Gasteiger charge is -2.23. The second-order valence-electron chi connectivity index (χ2n) is 4.75. The van der Waals surface area contributed by atoms with Crippen LogP contribution in [0.5, 0.6) is 0 Å². The first kappa shape index (κ1) is 13.3. The maximum atomic E-state index is 10.6. The monoisotopic (exact) mass is 270 g/mol. The summed E-state index contributed by atoms with van der Waals surface area (Å²) in [5.74, 6) is 0. The van der Waals surface area contributed by atoms with Crippen LogP contribution in [0.25, 0.3) is 0 Å². The SMILES string of the molecule is CC1(NCc2ccc([N+](=O)[O-])cc2Cl)CCOC1. The predicted molar refractivity (Wildman–Crippen MR) is 68.8 cm³/mol. The molecule has 1 heterocycles. The van der Waals surface area contributed by atoms with Crippen molar-refractivity contribution in [2.45, 2.75) is 25.4 Å². The van der Waals surface area contributed by atoms with Gasteiger partial charge in [-0.3, -0.25) is 10.1 Å². The molecule has 1 fully saturated rings. The molecule has 1 N–H and O–H groups in total. The Morgan fingerprint density at radius 3 is 2.94 bits per heavy atom. The van der Waals surface area contributed by atoms with Crippen LogP contribution >= 0.6 is 11.6 Å². The van der Waals surface area contributed by atoms with E-state index in [-0.39, 0.29) is 11.2 Å². The average Bonchev–Trinajstić information content (AvgIpc) is 2.75. The minimum atomic E-state index is -0.449. The number of nitro groups is 1. The van der Waals surface area contributed by atoms with Gasteiger partial charge < -0.3 is 10.1 Å². The lowest BCUT2D eigenvalue weighted by atomic mass is 10.0. The van der Waals surface area contributed by atoms with Gasteiger partial charge in [0.15, 0.2) is 0 Å². The van der Waals surface area contributed by atoms with Crippen molar-refractivity contribution in [3.05, 3.63) is 38.9 Å². The predicted octanol–water partition coefficient (Wildman–Crippen LogP) is 2.52. The first-order valence-corrected chi connectivity index (χ1v) is 6.14. The molecule has 0 amide bonds. The van der Waals surface area contributed by atoms with Crippen molar-refractivity contribution in [2.24, 2.45) is 0 Å². The van der Waals surface area contributed by atoms with E-state index in [1.807, 2.05) is 0 Å². The number of hydrogen-bond acceptors (Lipinski definition) is 4. The molecule has 0 saturated carbocycles. The molecule has 0 radical (unpaired) electrons. The van der Waals surface area contributed by atoms with Crippen molar-refractivity contribution in [2.75, 3.05) is 13.2 Å². The first-order valence-electron chi connectivity index (χ1n) is 5.76. The molecule has 1 aliphatic heterocycles. The minimum absolute atomic E-state index is 0.0131. The molecule has 98 valence electrons. The van der Waals surface area contributed by atoms with Gasteiger partial charge in [-0.25, -0.2) is 0 Å². The van der Waals surface area contributed by atoms with E-state index in [0.717, 1.165) is 18.6 Å². The molecule has 5 nitrogen and oxygen atoms in total. The van der Waals surface area contributed by atoms with Crippen LogP contribution in [0.15, 0.2) is 18.2 Å². The normalized spacial score (nSPS) is 23.2. The number of ether oxygens (including phenoxy) is 1. The Hall–Kier alpha value is -1.17. The molecule has 0 spiro atoms. The summed E-state index contributed by atoms with van der Waals surface area (Å²) in [4.78, 5) is 10.1. The third-order valence-electron chi connectivity index (χ3n) is 3.17. The fraction of sp³-hybridized carbons (Fsp3) is 0.500. The molecule has 1 aliphatic rings. The molecular formula is C12H15ClN2O3. The Morgan fingerprint density at radius 2 is 2.39 bits per heavy atom. The molecule has 1 aromatic rings. The third kappa shape index (κ3) is 2.98. The Morgan fingerprint density at radius 1 is 1.61 bits per heavy atom. The van der Waals surface area contributed by atoms with Gasteiger partial charge in [-0.1, -0.05) is 11.6 Å².